The first kappa shape index (κ1) is 16.1. The molecular formula is C18H20BrN3O. The van der Waals surface area contributed by atoms with Gasteiger partial charge in [-0.25, -0.2) is 0 Å². The summed E-state index contributed by atoms with van der Waals surface area (Å²) in [6, 6.07) is 8.17. The highest BCUT2D eigenvalue weighted by Gasteiger charge is 2.20. The van der Waals surface area contributed by atoms with Crippen LogP contribution in [-0.2, 0) is 19.4 Å². The lowest BCUT2D eigenvalue weighted by molar-refractivity contribution is 0.0952. The SMILES string of the molecule is CN1CCc2c(cncc2C(=O)NCCc2ccc(Br)cc2)C1. The molecule has 2 heterocycles. The van der Waals surface area contributed by atoms with Crippen molar-refractivity contribution < 1.29 is 4.79 Å². The molecule has 0 saturated carbocycles. The number of nitrogens with zero attached hydrogens (tertiary/aromatic N) is 2. The lowest BCUT2D eigenvalue weighted by Gasteiger charge is -2.26. The van der Waals surface area contributed by atoms with Crippen LogP contribution in [0, 0.1) is 0 Å². The summed E-state index contributed by atoms with van der Waals surface area (Å²) in [6.07, 6.45) is 5.30. The molecule has 2 aromatic rings. The minimum absolute atomic E-state index is 0.0176. The molecule has 4 nitrogen and oxygen atoms in total. The minimum atomic E-state index is -0.0176. The van der Waals surface area contributed by atoms with E-state index in [1.165, 1.54) is 11.1 Å². The van der Waals surface area contributed by atoms with Crippen molar-refractivity contribution in [3.05, 3.63) is 63.4 Å². The van der Waals surface area contributed by atoms with E-state index in [1.807, 2.05) is 18.3 Å². The van der Waals surface area contributed by atoms with Gasteiger partial charge in [0.1, 0.15) is 0 Å². The summed E-state index contributed by atoms with van der Waals surface area (Å²) in [6.45, 7) is 2.47. The quantitative estimate of drug-likeness (QED) is 0.895. The number of rotatable bonds is 4. The Morgan fingerprint density at radius 2 is 2.09 bits per heavy atom. The second kappa shape index (κ2) is 7.23. The molecule has 5 heteroatoms. The van der Waals surface area contributed by atoms with Crippen molar-refractivity contribution in [1.82, 2.24) is 15.2 Å². The fourth-order valence-electron chi connectivity index (χ4n) is 2.90. The lowest BCUT2D eigenvalue weighted by atomic mass is 9.97. The molecule has 1 aliphatic heterocycles. The lowest BCUT2D eigenvalue weighted by Crippen LogP contribution is -2.31. The van der Waals surface area contributed by atoms with Crippen LogP contribution < -0.4 is 5.32 Å². The van der Waals surface area contributed by atoms with E-state index < -0.39 is 0 Å². The summed E-state index contributed by atoms with van der Waals surface area (Å²) in [5.74, 6) is -0.0176. The molecule has 0 unspecified atom stereocenters. The maximum Gasteiger partial charge on any atom is 0.253 e. The number of pyridine rings is 1. The Balaban J connectivity index is 1.62. The largest absolute Gasteiger partial charge is 0.352 e. The molecule has 0 fully saturated rings. The van der Waals surface area contributed by atoms with E-state index in [0.717, 1.165) is 41.5 Å². The highest BCUT2D eigenvalue weighted by atomic mass is 79.9. The van der Waals surface area contributed by atoms with E-state index in [9.17, 15) is 4.79 Å². The number of fused-ring (bicyclic) bond motifs is 1. The van der Waals surface area contributed by atoms with Gasteiger partial charge >= 0.3 is 0 Å². The second-order valence-corrected chi connectivity index (χ2v) is 6.86. The summed E-state index contributed by atoms with van der Waals surface area (Å²) in [4.78, 5) is 19.0. The fourth-order valence-corrected chi connectivity index (χ4v) is 3.16. The number of carbonyl (C=O) groups excluding carboxylic acids is 1. The van der Waals surface area contributed by atoms with E-state index in [2.05, 4.69) is 50.3 Å². The van der Waals surface area contributed by atoms with Crippen molar-refractivity contribution in [2.24, 2.45) is 0 Å². The van der Waals surface area contributed by atoms with Crippen LogP contribution in [0.15, 0.2) is 41.1 Å². The van der Waals surface area contributed by atoms with Gasteiger partial charge < -0.3 is 10.2 Å². The van der Waals surface area contributed by atoms with Crippen LogP contribution >= 0.6 is 15.9 Å². The van der Waals surface area contributed by atoms with Crippen LogP contribution in [0.3, 0.4) is 0 Å². The van der Waals surface area contributed by atoms with Crippen molar-refractivity contribution in [2.75, 3.05) is 20.1 Å². The Morgan fingerprint density at radius 3 is 2.87 bits per heavy atom. The predicted octanol–water partition coefficient (Wildman–Crippen LogP) is 2.80. The van der Waals surface area contributed by atoms with Gasteiger partial charge in [-0.1, -0.05) is 28.1 Å². The van der Waals surface area contributed by atoms with Crippen molar-refractivity contribution >= 4 is 21.8 Å². The smallest absolute Gasteiger partial charge is 0.253 e. The molecule has 0 aliphatic carbocycles. The Morgan fingerprint density at radius 1 is 1.30 bits per heavy atom. The number of likely N-dealkylation sites (N-methyl/N-ethyl adjacent to an activating group) is 1. The Kier molecular flexibility index (Phi) is 5.08. The van der Waals surface area contributed by atoms with E-state index >= 15 is 0 Å². The molecule has 1 aromatic heterocycles. The fraction of sp³-hybridized carbons (Fsp3) is 0.333. The van der Waals surface area contributed by atoms with Crippen LogP contribution in [0.4, 0.5) is 0 Å². The number of hydrogen-bond acceptors (Lipinski definition) is 3. The Labute approximate surface area is 145 Å². The van der Waals surface area contributed by atoms with Gasteiger partial charge in [0.05, 0.1) is 5.56 Å². The first-order valence-electron chi connectivity index (χ1n) is 7.80. The van der Waals surface area contributed by atoms with E-state index in [1.54, 1.807) is 6.20 Å². The van der Waals surface area contributed by atoms with Gasteiger partial charge in [0.25, 0.3) is 5.91 Å². The summed E-state index contributed by atoms with van der Waals surface area (Å²) in [5.41, 5.74) is 4.26. The van der Waals surface area contributed by atoms with Crippen molar-refractivity contribution in [3.63, 3.8) is 0 Å². The topological polar surface area (TPSA) is 45.2 Å². The number of hydrogen-bond donors (Lipinski definition) is 1. The van der Waals surface area contributed by atoms with E-state index in [0.29, 0.717) is 6.54 Å². The van der Waals surface area contributed by atoms with E-state index in [4.69, 9.17) is 0 Å². The molecular weight excluding hydrogens is 354 g/mol. The average molecular weight is 374 g/mol. The molecule has 1 N–H and O–H groups in total. The normalized spacial score (nSPS) is 14.3. The van der Waals surface area contributed by atoms with Gasteiger partial charge in [0.2, 0.25) is 0 Å². The molecule has 0 radical (unpaired) electrons. The third kappa shape index (κ3) is 3.98. The predicted molar refractivity (Wildman–Crippen MR) is 94.5 cm³/mol. The van der Waals surface area contributed by atoms with Crippen LogP contribution in [0.5, 0.6) is 0 Å². The third-order valence-electron chi connectivity index (χ3n) is 4.19. The first-order chi connectivity index (χ1) is 11.1. The third-order valence-corrected chi connectivity index (χ3v) is 4.72. The van der Waals surface area contributed by atoms with E-state index in [-0.39, 0.29) is 5.91 Å². The Bertz CT molecular complexity index is 700. The number of aromatic nitrogens is 1. The molecule has 0 spiro atoms. The van der Waals surface area contributed by atoms with Crippen LogP contribution in [0.25, 0.3) is 0 Å². The second-order valence-electron chi connectivity index (χ2n) is 5.94. The minimum Gasteiger partial charge on any atom is -0.352 e. The van der Waals surface area contributed by atoms with Crippen molar-refractivity contribution in [1.29, 1.82) is 0 Å². The van der Waals surface area contributed by atoms with Crippen LogP contribution in [0.1, 0.15) is 27.0 Å². The molecule has 1 aromatic carbocycles. The van der Waals surface area contributed by atoms with Gasteiger partial charge in [-0.2, -0.15) is 0 Å². The number of benzene rings is 1. The molecule has 0 bridgehead atoms. The van der Waals surface area contributed by atoms with Crippen molar-refractivity contribution in [3.8, 4) is 0 Å². The molecule has 0 saturated heterocycles. The summed E-state index contributed by atoms with van der Waals surface area (Å²) in [5, 5.41) is 3.02. The van der Waals surface area contributed by atoms with Gasteiger partial charge in [-0.05, 0) is 48.7 Å². The highest BCUT2D eigenvalue weighted by molar-refractivity contribution is 9.10. The maximum absolute atomic E-state index is 12.5. The maximum atomic E-state index is 12.5. The van der Waals surface area contributed by atoms with Crippen molar-refractivity contribution in [2.45, 2.75) is 19.4 Å². The number of carbonyl (C=O) groups is 1. The zero-order valence-electron chi connectivity index (χ0n) is 13.2. The monoisotopic (exact) mass is 373 g/mol. The first-order valence-corrected chi connectivity index (χ1v) is 8.60. The molecule has 1 aliphatic rings. The standard InChI is InChI=1S/C18H20BrN3O/c1-22-9-7-16-14(12-22)10-20-11-17(16)18(23)21-8-6-13-2-4-15(19)5-3-13/h2-5,10-11H,6-9,12H2,1H3,(H,21,23). The summed E-state index contributed by atoms with van der Waals surface area (Å²) in [7, 11) is 2.09. The number of amides is 1. The van der Waals surface area contributed by atoms with Gasteiger partial charge in [-0.3, -0.25) is 9.78 Å². The Hall–Kier alpha value is -1.72. The molecule has 3 rings (SSSR count). The summed E-state index contributed by atoms with van der Waals surface area (Å²) < 4.78 is 1.07. The molecule has 0 atom stereocenters. The highest BCUT2D eigenvalue weighted by Crippen LogP contribution is 2.20. The number of nitrogens with one attached hydrogen (secondary N) is 1. The average Bonchev–Trinajstić information content (AvgIpc) is 2.55. The summed E-state index contributed by atoms with van der Waals surface area (Å²) >= 11 is 3.43. The van der Waals surface area contributed by atoms with Crippen LogP contribution in [0.2, 0.25) is 0 Å². The zero-order valence-corrected chi connectivity index (χ0v) is 14.8. The molecule has 23 heavy (non-hydrogen) atoms. The zero-order chi connectivity index (χ0) is 16.2. The van der Waals surface area contributed by atoms with Crippen LogP contribution in [-0.4, -0.2) is 35.9 Å². The van der Waals surface area contributed by atoms with Gasteiger partial charge in [0.15, 0.2) is 0 Å². The number of halogens is 1. The molecule has 120 valence electrons. The molecule has 1 amide bonds. The van der Waals surface area contributed by atoms with Gasteiger partial charge in [-0.15, -0.1) is 0 Å². The van der Waals surface area contributed by atoms with Gasteiger partial charge in [0, 0.05) is 36.5 Å².